The smallest absolute Gasteiger partial charge is 0.222 e. The molecular weight excluding hydrogens is 316 g/mol. The molecule has 0 aliphatic carbocycles. The highest BCUT2D eigenvalue weighted by molar-refractivity contribution is 5.77. The van der Waals surface area contributed by atoms with E-state index in [0.717, 1.165) is 57.2 Å². The third kappa shape index (κ3) is 4.39. The van der Waals surface area contributed by atoms with Crippen LogP contribution in [0.15, 0.2) is 6.07 Å². The van der Waals surface area contributed by atoms with Gasteiger partial charge in [0, 0.05) is 63.5 Å². The molecule has 2 saturated heterocycles. The number of nitrogens with two attached hydrogens (primary N) is 1. The second kappa shape index (κ2) is 7.56. The van der Waals surface area contributed by atoms with Crippen LogP contribution in [0.2, 0.25) is 0 Å². The summed E-state index contributed by atoms with van der Waals surface area (Å²) in [5.41, 5.74) is 6.68. The molecule has 2 aliphatic heterocycles. The molecule has 1 aromatic heterocycles. The molecule has 0 radical (unpaired) electrons. The molecule has 1 aromatic rings. The van der Waals surface area contributed by atoms with Crippen LogP contribution in [0.5, 0.6) is 0 Å². The van der Waals surface area contributed by atoms with Crippen LogP contribution in [0.3, 0.4) is 0 Å². The van der Waals surface area contributed by atoms with Crippen molar-refractivity contribution in [3.8, 4) is 0 Å². The summed E-state index contributed by atoms with van der Waals surface area (Å²) >= 11 is 0. The van der Waals surface area contributed by atoms with Crippen LogP contribution < -0.4 is 10.6 Å². The standard InChI is InChI=1S/C18H30N6O/c1-13(2)24-12-15(4-5-17(24)25)11-22-6-8-23(9-7-22)16-10-14(3)20-18(19)21-16/h10,13,15H,4-9,11-12H2,1-3H3,(H2,19,20,21). The molecule has 0 bridgehead atoms. The zero-order valence-electron chi connectivity index (χ0n) is 15.6. The first-order valence-corrected chi connectivity index (χ1v) is 9.30. The number of hydrogen-bond donors (Lipinski definition) is 1. The quantitative estimate of drug-likeness (QED) is 0.881. The van der Waals surface area contributed by atoms with Gasteiger partial charge in [0.05, 0.1) is 0 Å². The largest absolute Gasteiger partial charge is 0.368 e. The Kier molecular flexibility index (Phi) is 5.42. The number of aryl methyl sites for hydroxylation is 1. The zero-order valence-corrected chi connectivity index (χ0v) is 15.6. The summed E-state index contributed by atoms with van der Waals surface area (Å²) < 4.78 is 0. The molecule has 2 fully saturated rings. The van der Waals surface area contributed by atoms with Crippen molar-refractivity contribution in [2.24, 2.45) is 5.92 Å². The Morgan fingerprint density at radius 1 is 1.24 bits per heavy atom. The summed E-state index contributed by atoms with van der Waals surface area (Å²) in [7, 11) is 0. The lowest BCUT2D eigenvalue weighted by molar-refractivity contribution is -0.137. The molecule has 0 saturated carbocycles. The highest BCUT2D eigenvalue weighted by Crippen LogP contribution is 2.22. The Hall–Kier alpha value is -1.89. The molecule has 7 heteroatoms. The van der Waals surface area contributed by atoms with Gasteiger partial charge in [0.1, 0.15) is 5.82 Å². The Labute approximate surface area is 150 Å². The minimum Gasteiger partial charge on any atom is -0.368 e. The van der Waals surface area contributed by atoms with Gasteiger partial charge in [-0.25, -0.2) is 4.98 Å². The topological polar surface area (TPSA) is 78.6 Å². The maximum atomic E-state index is 12.0. The van der Waals surface area contributed by atoms with Crippen molar-refractivity contribution in [1.29, 1.82) is 0 Å². The number of piperazine rings is 1. The van der Waals surface area contributed by atoms with Crippen LogP contribution in [-0.4, -0.2) is 71.0 Å². The predicted octanol–water partition coefficient (Wildman–Crippen LogP) is 1.14. The van der Waals surface area contributed by atoms with E-state index in [1.807, 2.05) is 17.9 Å². The first-order valence-electron chi connectivity index (χ1n) is 9.30. The fourth-order valence-electron chi connectivity index (χ4n) is 3.85. The van der Waals surface area contributed by atoms with Crippen LogP contribution >= 0.6 is 0 Å². The number of amides is 1. The second-order valence-corrected chi connectivity index (χ2v) is 7.56. The van der Waals surface area contributed by atoms with Gasteiger partial charge in [-0.2, -0.15) is 4.98 Å². The molecular formula is C18H30N6O. The molecule has 138 valence electrons. The SMILES string of the molecule is Cc1cc(N2CCN(CC3CCC(=O)N(C(C)C)C3)CC2)nc(N)n1. The number of nitrogen functional groups attached to an aromatic ring is 1. The minimum atomic E-state index is 0.304. The van der Waals surface area contributed by atoms with E-state index < -0.39 is 0 Å². The van der Waals surface area contributed by atoms with Crippen molar-refractivity contribution in [3.63, 3.8) is 0 Å². The van der Waals surface area contributed by atoms with Gasteiger partial charge in [0.15, 0.2) is 0 Å². The van der Waals surface area contributed by atoms with Crippen LogP contribution in [0, 0.1) is 12.8 Å². The van der Waals surface area contributed by atoms with Crippen molar-refractivity contribution in [1.82, 2.24) is 19.8 Å². The number of likely N-dealkylation sites (tertiary alicyclic amines) is 1. The summed E-state index contributed by atoms with van der Waals surface area (Å²) in [6.45, 7) is 12.1. The maximum absolute atomic E-state index is 12.0. The minimum absolute atomic E-state index is 0.304. The number of anilines is 2. The van der Waals surface area contributed by atoms with Crippen LogP contribution in [0.1, 0.15) is 32.4 Å². The number of carbonyl (C=O) groups is 1. The molecule has 25 heavy (non-hydrogen) atoms. The Bertz CT molecular complexity index is 591. The monoisotopic (exact) mass is 346 g/mol. The first kappa shape index (κ1) is 17.9. The summed E-state index contributed by atoms with van der Waals surface area (Å²) in [6, 6.07) is 2.30. The molecule has 3 rings (SSSR count). The van der Waals surface area contributed by atoms with Gasteiger partial charge in [-0.1, -0.05) is 0 Å². The number of carbonyl (C=O) groups excluding carboxylic acids is 1. The van der Waals surface area contributed by atoms with Gasteiger partial charge in [-0.05, 0) is 33.1 Å². The summed E-state index contributed by atoms with van der Waals surface area (Å²) in [5.74, 6) is 2.17. The Balaban J connectivity index is 1.52. The predicted molar refractivity (Wildman–Crippen MR) is 99.4 cm³/mol. The van der Waals surface area contributed by atoms with Crippen molar-refractivity contribution >= 4 is 17.7 Å². The van der Waals surface area contributed by atoms with E-state index in [-0.39, 0.29) is 0 Å². The fourth-order valence-corrected chi connectivity index (χ4v) is 3.85. The molecule has 1 atom stereocenters. The van der Waals surface area contributed by atoms with Crippen molar-refractivity contribution < 1.29 is 4.79 Å². The van der Waals surface area contributed by atoms with E-state index in [4.69, 9.17) is 5.73 Å². The average molecular weight is 346 g/mol. The van der Waals surface area contributed by atoms with Gasteiger partial charge < -0.3 is 15.5 Å². The lowest BCUT2D eigenvalue weighted by atomic mass is 9.95. The van der Waals surface area contributed by atoms with E-state index in [9.17, 15) is 4.79 Å². The van der Waals surface area contributed by atoms with E-state index >= 15 is 0 Å². The lowest BCUT2D eigenvalue weighted by Crippen LogP contribution is -2.51. The normalized spacial score (nSPS) is 22.7. The third-order valence-electron chi connectivity index (χ3n) is 5.24. The highest BCUT2D eigenvalue weighted by atomic mass is 16.2. The van der Waals surface area contributed by atoms with Gasteiger partial charge in [0.2, 0.25) is 11.9 Å². The number of piperidine rings is 1. The van der Waals surface area contributed by atoms with Crippen LogP contribution in [-0.2, 0) is 4.79 Å². The number of rotatable bonds is 4. The second-order valence-electron chi connectivity index (χ2n) is 7.56. The molecule has 1 amide bonds. The van der Waals surface area contributed by atoms with E-state index in [1.165, 1.54) is 0 Å². The van der Waals surface area contributed by atoms with Crippen molar-refractivity contribution in [2.45, 2.75) is 39.7 Å². The third-order valence-corrected chi connectivity index (χ3v) is 5.24. The highest BCUT2D eigenvalue weighted by Gasteiger charge is 2.29. The molecule has 2 N–H and O–H groups in total. The van der Waals surface area contributed by atoms with Crippen LogP contribution in [0.4, 0.5) is 11.8 Å². The van der Waals surface area contributed by atoms with E-state index in [2.05, 4.69) is 33.6 Å². The molecule has 2 aliphatic rings. The van der Waals surface area contributed by atoms with Gasteiger partial charge in [0.25, 0.3) is 0 Å². The molecule has 0 aromatic carbocycles. The van der Waals surface area contributed by atoms with Gasteiger partial charge in [-0.3, -0.25) is 9.69 Å². The zero-order chi connectivity index (χ0) is 18.0. The van der Waals surface area contributed by atoms with E-state index in [0.29, 0.717) is 30.2 Å². The molecule has 1 unspecified atom stereocenters. The number of nitrogens with zero attached hydrogens (tertiary/aromatic N) is 5. The molecule has 3 heterocycles. The fraction of sp³-hybridized carbons (Fsp3) is 0.722. The van der Waals surface area contributed by atoms with E-state index in [1.54, 1.807) is 0 Å². The lowest BCUT2D eigenvalue weighted by Gasteiger charge is -2.40. The maximum Gasteiger partial charge on any atom is 0.222 e. The molecule has 0 spiro atoms. The average Bonchev–Trinajstić information content (AvgIpc) is 2.56. The Morgan fingerprint density at radius 3 is 2.60 bits per heavy atom. The number of aromatic nitrogens is 2. The van der Waals surface area contributed by atoms with Crippen molar-refractivity contribution in [3.05, 3.63) is 11.8 Å². The van der Waals surface area contributed by atoms with Crippen molar-refractivity contribution in [2.75, 3.05) is 49.9 Å². The van der Waals surface area contributed by atoms with Crippen LogP contribution in [0.25, 0.3) is 0 Å². The number of hydrogen-bond acceptors (Lipinski definition) is 6. The summed E-state index contributed by atoms with van der Waals surface area (Å²) in [5, 5.41) is 0. The summed E-state index contributed by atoms with van der Waals surface area (Å²) in [6.07, 6.45) is 1.71. The molecule has 7 nitrogen and oxygen atoms in total. The Morgan fingerprint density at radius 2 is 1.96 bits per heavy atom. The van der Waals surface area contributed by atoms with Gasteiger partial charge in [-0.15, -0.1) is 0 Å². The summed E-state index contributed by atoms with van der Waals surface area (Å²) in [4.78, 5) is 27.4. The van der Waals surface area contributed by atoms with Gasteiger partial charge >= 0.3 is 0 Å². The first-order chi connectivity index (χ1) is 11.9.